The average Bonchev–Trinajstić information content (AvgIpc) is 2.95. The molecule has 190 valence electrons. The summed E-state index contributed by atoms with van der Waals surface area (Å²) in [6.07, 6.45) is 1.30. The monoisotopic (exact) mass is 534 g/mol. The number of aromatic amines is 1. The molecular weight excluding hydrogens is 508 g/mol. The van der Waals surface area contributed by atoms with Gasteiger partial charge in [-0.2, -0.15) is 0 Å². The summed E-state index contributed by atoms with van der Waals surface area (Å²) < 4.78 is 18.0. The highest BCUT2D eigenvalue weighted by molar-refractivity contribution is 7.99. The standard InChI is InChI=1S/C28H26N2O5S2/c1-33-24-12-8-21(9-13-24)28(20-6-4-3-5-7-20,22-10-14-25(34-2)15-11-22)35-16-17-37-26-18-23(30(31)32)19-29-27(26)36/h3-15,18-19H,16-17H2,1-2H3,(H,29,36). The topological polar surface area (TPSA) is 86.6 Å². The minimum absolute atomic E-state index is 0.0351. The molecular formula is C28H26N2O5S2. The molecule has 3 aromatic carbocycles. The molecule has 0 aliphatic carbocycles. The van der Waals surface area contributed by atoms with E-state index in [2.05, 4.69) is 4.98 Å². The first-order valence-electron chi connectivity index (χ1n) is 11.5. The Morgan fingerprint density at radius 1 is 0.892 bits per heavy atom. The molecule has 0 aliphatic heterocycles. The summed E-state index contributed by atoms with van der Waals surface area (Å²) in [5.41, 5.74) is 1.87. The SMILES string of the molecule is COc1ccc(C(OCCSc2cc([N+](=O)[O-])c[nH]c2=S)(c2ccccc2)c2ccc(OC)cc2)cc1. The fraction of sp³-hybridized carbons (Fsp3) is 0.179. The molecule has 1 N–H and O–H groups in total. The summed E-state index contributed by atoms with van der Waals surface area (Å²) >= 11 is 6.75. The van der Waals surface area contributed by atoms with E-state index in [0.717, 1.165) is 28.2 Å². The van der Waals surface area contributed by atoms with Crippen LogP contribution in [-0.4, -0.2) is 36.5 Å². The molecule has 1 heterocycles. The molecule has 0 radical (unpaired) electrons. The number of aromatic nitrogens is 1. The largest absolute Gasteiger partial charge is 0.497 e. The van der Waals surface area contributed by atoms with E-state index in [1.165, 1.54) is 24.0 Å². The van der Waals surface area contributed by atoms with E-state index in [4.69, 9.17) is 26.4 Å². The maximum absolute atomic E-state index is 11.2. The molecule has 4 rings (SSSR count). The Bertz CT molecular complexity index is 1340. The first-order valence-corrected chi connectivity index (χ1v) is 12.9. The van der Waals surface area contributed by atoms with Crippen molar-refractivity contribution in [3.8, 4) is 11.5 Å². The highest BCUT2D eigenvalue weighted by atomic mass is 32.2. The van der Waals surface area contributed by atoms with Gasteiger partial charge in [0, 0.05) is 16.7 Å². The molecule has 0 saturated carbocycles. The Labute approximate surface area is 224 Å². The molecule has 0 atom stereocenters. The zero-order chi connectivity index (χ0) is 26.3. The van der Waals surface area contributed by atoms with Crippen LogP contribution in [0.1, 0.15) is 16.7 Å². The van der Waals surface area contributed by atoms with Crippen molar-refractivity contribution in [1.29, 1.82) is 0 Å². The van der Waals surface area contributed by atoms with Crippen molar-refractivity contribution in [1.82, 2.24) is 4.98 Å². The molecule has 0 bridgehead atoms. The number of nitro groups is 1. The molecule has 1 aromatic heterocycles. The summed E-state index contributed by atoms with van der Waals surface area (Å²) in [4.78, 5) is 14.2. The van der Waals surface area contributed by atoms with Crippen LogP contribution in [0.15, 0.2) is 96.0 Å². The smallest absolute Gasteiger partial charge is 0.286 e. The first-order chi connectivity index (χ1) is 18.0. The van der Waals surface area contributed by atoms with Gasteiger partial charge in [0.25, 0.3) is 5.69 Å². The van der Waals surface area contributed by atoms with Crippen molar-refractivity contribution < 1.29 is 19.1 Å². The lowest BCUT2D eigenvalue weighted by atomic mass is 9.80. The lowest BCUT2D eigenvalue weighted by molar-refractivity contribution is -0.385. The second kappa shape index (κ2) is 12.1. The van der Waals surface area contributed by atoms with Crippen LogP contribution < -0.4 is 9.47 Å². The number of nitrogens with one attached hydrogen (secondary N) is 1. The van der Waals surface area contributed by atoms with E-state index in [-0.39, 0.29) is 5.69 Å². The van der Waals surface area contributed by atoms with Crippen LogP contribution in [0.2, 0.25) is 0 Å². The van der Waals surface area contributed by atoms with E-state index in [9.17, 15) is 10.1 Å². The second-order valence-corrected chi connectivity index (χ2v) is 9.55. The van der Waals surface area contributed by atoms with Crippen molar-refractivity contribution in [2.24, 2.45) is 0 Å². The minimum atomic E-state index is -0.925. The highest BCUT2D eigenvalue weighted by Gasteiger charge is 2.37. The zero-order valence-electron chi connectivity index (χ0n) is 20.4. The molecule has 9 heteroatoms. The van der Waals surface area contributed by atoms with Gasteiger partial charge in [-0.05, 0) is 41.0 Å². The van der Waals surface area contributed by atoms with Gasteiger partial charge in [0.1, 0.15) is 21.7 Å². The lowest BCUT2D eigenvalue weighted by Crippen LogP contribution is -2.33. The average molecular weight is 535 g/mol. The Balaban J connectivity index is 1.71. The van der Waals surface area contributed by atoms with Crippen LogP contribution in [0, 0.1) is 14.8 Å². The van der Waals surface area contributed by atoms with Crippen molar-refractivity contribution in [2.45, 2.75) is 10.5 Å². The second-order valence-electron chi connectivity index (χ2n) is 8.01. The van der Waals surface area contributed by atoms with Gasteiger partial charge in [-0.25, -0.2) is 0 Å². The van der Waals surface area contributed by atoms with Gasteiger partial charge in [-0.1, -0.05) is 66.8 Å². The number of thioether (sulfide) groups is 1. The van der Waals surface area contributed by atoms with Crippen LogP contribution in [0.4, 0.5) is 5.69 Å². The molecule has 0 spiro atoms. The van der Waals surface area contributed by atoms with Gasteiger partial charge in [0.2, 0.25) is 0 Å². The molecule has 7 nitrogen and oxygen atoms in total. The fourth-order valence-electron chi connectivity index (χ4n) is 4.09. The van der Waals surface area contributed by atoms with E-state index >= 15 is 0 Å². The van der Waals surface area contributed by atoms with E-state index in [0.29, 0.717) is 21.9 Å². The predicted molar refractivity (Wildman–Crippen MR) is 147 cm³/mol. The lowest BCUT2D eigenvalue weighted by Gasteiger charge is -2.36. The third-order valence-corrected chi connectivity index (χ3v) is 7.37. The minimum Gasteiger partial charge on any atom is -0.497 e. The van der Waals surface area contributed by atoms with Gasteiger partial charge in [0.15, 0.2) is 0 Å². The number of rotatable bonds is 11. The van der Waals surface area contributed by atoms with Crippen molar-refractivity contribution in [2.75, 3.05) is 26.6 Å². The van der Waals surface area contributed by atoms with Crippen LogP contribution in [0.3, 0.4) is 0 Å². The van der Waals surface area contributed by atoms with Crippen LogP contribution in [-0.2, 0) is 10.3 Å². The van der Waals surface area contributed by atoms with E-state index in [1.807, 2.05) is 78.9 Å². The quantitative estimate of drug-likeness (QED) is 0.0567. The number of ether oxygens (including phenoxy) is 3. The molecule has 0 aliphatic rings. The molecule has 37 heavy (non-hydrogen) atoms. The number of pyridine rings is 1. The Hall–Kier alpha value is -3.66. The van der Waals surface area contributed by atoms with Crippen LogP contribution in [0.25, 0.3) is 0 Å². The van der Waals surface area contributed by atoms with Crippen molar-refractivity contribution in [3.05, 3.63) is 123 Å². The third-order valence-electron chi connectivity index (χ3n) is 5.90. The van der Waals surface area contributed by atoms with Crippen molar-refractivity contribution in [3.63, 3.8) is 0 Å². The maximum Gasteiger partial charge on any atom is 0.286 e. The molecule has 0 unspecified atom stereocenters. The Kier molecular flexibility index (Phi) is 8.60. The number of nitrogens with zero attached hydrogens (tertiary/aromatic N) is 1. The Morgan fingerprint density at radius 2 is 1.43 bits per heavy atom. The number of hydrogen-bond acceptors (Lipinski definition) is 7. The molecule has 4 aromatic rings. The Morgan fingerprint density at radius 3 is 1.95 bits per heavy atom. The van der Waals surface area contributed by atoms with Gasteiger partial charge >= 0.3 is 0 Å². The molecule has 0 amide bonds. The van der Waals surface area contributed by atoms with Gasteiger partial charge in [0.05, 0.1) is 31.9 Å². The van der Waals surface area contributed by atoms with Gasteiger partial charge in [-0.15, -0.1) is 11.8 Å². The number of methoxy groups -OCH3 is 2. The van der Waals surface area contributed by atoms with E-state index < -0.39 is 10.5 Å². The summed E-state index contributed by atoms with van der Waals surface area (Å²) in [6, 6.07) is 27.2. The normalized spacial score (nSPS) is 11.2. The number of H-pyrrole nitrogens is 1. The zero-order valence-corrected chi connectivity index (χ0v) is 22.0. The summed E-state index contributed by atoms with van der Waals surface area (Å²) in [5, 5.41) is 11.2. The predicted octanol–water partition coefficient (Wildman–Crippen LogP) is 6.77. The molecule has 0 saturated heterocycles. The summed E-state index contributed by atoms with van der Waals surface area (Å²) in [5.74, 6) is 2.02. The van der Waals surface area contributed by atoms with Crippen LogP contribution >= 0.6 is 24.0 Å². The summed E-state index contributed by atoms with van der Waals surface area (Å²) in [6.45, 7) is 0.342. The number of benzene rings is 3. The first kappa shape index (κ1) is 26.4. The van der Waals surface area contributed by atoms with E-state index in [1.54, 1.807) is 14.2 Å². The van der Waals surface area contributed by atoms with Crippen molar-refractivity contribution >= 4 is 29.7 Å². The highest BCUT2D eigenvalue weighted by Crippen LogP contribution is 2.42. The van der Waals surface area contributed by atoms with Crippen LogP contribution in [0.5, 0.6) is 11.5 Å². The van der Waals surface area contributed by atoms with Gasteiger partial charge < -0.3 is 19.2 Å². The third kappa shape index (κ3) is 5.85. The number of hydrogen-bond donors (Lipinski definition) is 1. The maximum atomic E-state index is 11.2. The molecule has 0 fully saturated rings. The summed E-state index contributed by atoms with van der Waals surface area (Å²) in [7, 11) is 3.27. The fourth-order valence-corrected chi connectivity index (χ4v) is 5.16. The van der Waals surface area contributed by atoms with Gasteiger partial charge in [-0.3, -0.25) is 10.1 Å².